The number of nitrogens with one attached hydrogen (secondary N) is 1. The van der Waals surface area contributed by atoms with Gasteiger partial charge >= 0.3 is 5.69 Å². The molecule has 1 aromatic carbocycles. The smallest absolute Gasteiger partial charge is 0.300 e. The Labute approximate surface area is 93.0 Å². The summed E-state index contributed by atoms with van der Waals surface area (Å²) in [4.78, 5) is 27.4. The lowest BCUT2D eigenvalue weighted by Crippen LogP contribution is -2.09. The number of nitro benzene ring substituents is 2. The molecule has 0 aliphatic rings. The summed E-state index contributed by atoms with van der Waals surface area (Å²) in [5, 5.41) is 28.6. The third-order valence-electron chi connectivity index (χ3n) is 1.54. The van der Waals surface area contributed by atoms with Crippen molar-refractivity contribution in [2.24, 2.45) is 11.2 Å². The molecular formula is C6H7N5O6. The third kappa shape index (κ3) is 4.05. The molecule has 92 valence electrons. The highest BCUT2D eigenvalue weighted by atomic mass is 16.6. The quantitative estimate of drug-likeness (QED) is 0.305. The van der Waals surface area contributed by atoms with Crippen LogP contribution in [0.25, 0.3) is 0 Å². The van der Waals surface area contributed by atoms with Crippen molar-refractivity contribution >= 4 is 17.1 Å². The van der Waals surface area contributed by atoms with Crippen LogP contribution >= 0.6 is 0 Å². The first-order valence-electron chi connectivity index (χ1n) is 3.84. The van der Waals surface area contributed by atoms with Crippen molar-refractivity contribution in [2.75, 3.05) is 5.43 Å². The summed E-state index contributed by atoms with van der Waals surface area (Å²) in [6.45, 7) is 0. The Kier molecular flexibility index (Phi) is 5.53. The lowest BCUT2D eigenvalue weighted by molar-refractivity contribution is -0.393. The molecule has 0 atom stereocenters. The molecule has 0 aliphatic heterocycles. The van der Waals surface area contributed by atoms with Gasteiger partial charge in [0.2, 0.25) is 0 Å². The van der Waals surface area contributed by atoms with Gasteiger partial charge in [-0.3, -0.25) is 26.1 Å². The van der Waals surface area contributed by atoms with Gasteiger partial charge in [-0.25, -0.2) is 0 Å². The van der Waals surface area contributed by atoms with Gasteiger partial charge in [-0.05, 0) is 6.07 Å². The molecule has 0 unspecified atom stereocenters. The van der Waals surface area contributed by atoms with E-state index in [0.717, 1.165) is 12.1 Å². The van der Waals surface area contributed by atoms with Crippen LogP contribution in [-0.4, -0.2) is 15.1 Å². The molecule has 17 heavy (non-hydrogen) atoms. The van der Waals surface area contributed by atoms with Crippen LogP contribution in [-0.2, 0) is 0 Å². The Morgan fingerprint density at radius 1 is 1.29 bits per heavy atom. The molecule has 0 bridgehead atoms. The average Bonchev–Trinajstić information content (AvgIpc) is 2.29. The number of nitrogens with zero attached hydrogens (tertiary/aromatic N) is 3. The minimum absolute atomic E-state index is 0.0283. The maximum Gasteiger partial charge on any atom is 0.300 e. The molecular weight excluding hydrogens is 238 g/mol. The van der Waals surface area contributed by atoms with Gasteiger partial charge in [0.25, 0.3) is 5.69 Å². The largest absolute Gasteiger partial charge is 0.379 e. The van der Waals surface area contributed by atoms with E-state index in [1.807, 2.05) is 0 Å². The van der Waals surface area contributed by atoms with Gasteiger partial charge in [-0.1, -0.05) is 0 Å². The summed E-state index contributed by atoms with van der Waals surface area (Å²) in [5.74, 6) is 4.99. The van der Waals surface area contributed by atoms with Crippen LogP contribution in [0.2, 0.25) is 0 Å². The predicted octanol–water partition coefficient (Wildman–Crippen LogP) is 0.931. The Balaban J connectivity index is 0.000000770. The number of hydrogen-bond acceptors (Lipinski definition) is 8. The lowest BCUT2D eigenvalue weighted by Gasteiger charge is -2.00. The Morgan fingerprint density at radius 3 is 2.18 bits per heavy atom. The van der Waals surface area contributed by atoms with Crippen LogP contribution in [0, 0.1) is 25.1 Å². The number of benzene rings is 1. The molecule has 0 radical (unpaired) electrons. The van der Waals surface area contributed by atoms with E-state index in [4.69, 9.17) is 16.0 Å². The average molecular weight is 245 g/mol. The first kappa shape index (κ1) is 14.2. The number of anilines is 1. The number of hydrazine groups is 1. The van der Waals surface area contributed by atoms with Crippen LogP contribution in [0.3, 0.4) is 0 Å². The van der Waals surface area contributed by atoms with Crippen LogP contribution < -0.4 is 11.3 Å². The summed E-state index contributed by atoms with van der Waals surface area (Å²) in [5.41, 5.74) is 1.33. The molecule has 4 N–H and O–H groups in total. The number of nitrogen functional groups attached to an aromatic ring is 1. The SMILES string of the molecule is NNc1ccc([N+](=O)[O-])cc1[N+](=O)[O-].O=NO. The first-order valence-corrected chi connectivity index (χ1v) is 3.84. The van der Waals surface area contributed by atoms with E-state index < -0.39 is 15.5 Å². The number of nitrogens with two attached hydrogens (primary N) is 1. The summed E-state index contributed by atoms with van der Waals surface area (Å²) < 4.78 is 0. The van der Waals surface area contributed by atoms with E-state index in [-0.39, 0.29) is 11.4 Å². The second-order valence-corrected chi connectivity index (χ2v) is 2.44. The van der Waals surface area contributed by atoms with Crippen molar-refractivity contribution in [3.05, 3.63) is 43.3 Å². The Bertz CT molecular complexity index is 435. The molecule has 0 aliphatic carbocycles. The molecule has 11 nitrogen and oxygen atoms in total. The Morgan fingerprint density at radius 2 is 1.82 bits per heavy atom. The molecule has 0 saturated carbocycles. The maximum absolute atomic E-state index is 10.4. The zero-order valence-corrected chi connectivity index (χ0v) is 8.14. The lowest BCUT2D eigenvalue weighted by atomic mass is 10.2. The second-order valence-electron chi connectivity index (χ2n) is 2.44. The number of hydrogen-bond donors (Lipinski definition) is 3. The molecule has 1 aromatic rings. The van der Waals surface area contributed by atoms with Gasteiger partial charge in [0, 0.05) is 6.07 Å². The normalized spacial score (nSPS) is 8.53. The fourth-order valence-electron chi connectivity index (χ4n) is 0.907. The second kappa shape index (κ2) is 6.62. The van der Waals surface area contributed by atoms with Crippen LogP contribution in [0.1, 0.15) is 0 Å². The van der Waals surface area contributed by atoms with Gasteiger partial charge < -0.3 is 10.6 Å². The van der Waals surface area contributed by atoms with Gasteiger partial charge in [0.15, 0.2) is 5.34 Å². The van der Waals surface area contributed by atoms with E-state index >= 15 is 0 Å². The van der Waals surface area contributed by atoms with E-state index in [2.05, 4.69) is 5.43 Å². The van der Waals surface area contributed by atoms with E-state index in [1.165, 1.54) is 11.4 Å². The molecule has 0 aromatic heterocycles. The molecule has 0 saturated heterocycles. The zero-order valence-electron chi connectivity index (χ0n) is 8.14. The van der Waals surface area contributed by atoms with Gasteiger partial charge in [0.05, 0.1) is 15.9 Å². The Hall–Kier alpha value is -2.82. The van der Waals surface area contributed by atoms with Crippen molar-refractivity contribution < 1.29 is 15.1 Å². The van der Waals surface area contributed by atoms with Gasteiger partial charge in [0.1, 0.15) is 5.69 Å². The van der Waals surface area contributed by atoms with Crippen molar-refractivity contribution in [2.45, 2.75) is 0 Å². The van der Waals surface area contributed by atoms with Crippen LogP contribution in [0.4, 0.5) is 17.1 Å². The highest BCUT2D eigenvalue weighted by Crippen LogP contribution is 2.27. The van der Waals surface area contributed by atoms with E-state index in [0.29, 0.717) is 0 Å². The highest BCUT2D eigenvalue weighted by molar-refractivity contribution is 5.64. The zero-order chi connectivity index (χ0) is 13.4. The van der Waals surface area contributed by atoms with Crippen molar-refractivity contribution in [3.8, 4) is 0 Å². The fourth-order valence-corrected chi connectivity index (χ4v) is 0.907. The summed E-state index contributed by atoms with van der Waals surface area (Å²) >= 11 is 0. The van der Waals surface area contributed by atoms with Gasteiger partial charge in [-0.15, -0.1) is 4.91 Å². The molecule has 1 rings (SSSR count). The standard InChI is InChI=1S/C6H6N4O4.HNO2/c7-8-5-2-1-4(9(11)12)3-6(5)10(13)14;2-1-3/h1-3,8H,7H2;(H,2,3). The van der Waals surface area contributed by atoms with E-state index in [1.54, 1.807) is 0 Å². The summed E-state index contributed by atoms with van der Waals surface area (Å²) in [7, 11) is 0. The summed E-state index contributed by atoms with van der Waals surface area (Å²) in [6.07, 6.45) is 0. The highest BCUT2D eigenvalue weighted by Gasteiger charge is 2.18. The van der Waals surface area contributed by atoms with Crippen LogP contribution in [0.15, 0.2) is 23.5 Å². The van der Waals surface area contributed by atoms with Crippen LogP contribution in [0.5, 0.6) is 0 Å². The number of non-ortho nitro benzene ring substituents is 1. The molecule has 0 amide bonds. The molecule has 0 fully saturated rings. The molecule has 0 heterocycles. The van der Waals surface area contributed by atoms with Gasteiger partial charge in [-0.2, -0.15) is 0 Å². The first-order chi connectivity index (χ1) is 7.97. The van der Waals surface area contributed by atoms with E-state index in [9.17, 15) is 20.2 Å². The monoisotopic (exact) mass is 245 g/mol. The maximum atomic E-state index is 10.4. The minimum atomic E-state index is -0.748. The summed E-state index contributed by atoms with van der Waals surface area (Å²) in [6, 6.07) is 3.15. The minimum Gasteiger partial charge on any atom is -0.379 e. The third-order valence-corrected chi connectivity index (χ3v) is 1.54. The number of rotatable bonds is 3. The fraction of sp³-hybridized carbons (Fsp3) is 0. The topological polar surface area (TPSA) is 174 Å². The predicted molar refractivity (Wildman–Crippen MR) is 55.1 cm³/mol. The molecule has 11 heteroatoms. The van der Waals surface area contributed by atoms with Crippen molar-refractivity contribution in [1.29, 1.82) is 0 Å². The number of nitro groups is 2. The van der Waals surface area contributed by atoms with Crippen molar-refractivity contribution in [1.82, 2.24) is 0 Å². The molecule has 0 spiro atoms. The van der Waals surface area contributed by atoms with Crippen molar-refractivity contribution in [3.63, 3.8) is 0 Å².